The van der Waals surface area contributed by atoms with Crippen LogP contribution in [0.3, 0.4) is 0 Å². The van der Waals surface area contributed by atoms with Crippen molar-refractivity contribution in [3.05, 3.63) is 35.4 Å². The van der Waals surface area contributed by atoms with Crippen molar-refractivity contribution in [2.24, 2.45) is 4.99 Å². The molecule has 0 radical (unpaired) electrons. The SMILES string of the molecule is CN=C(NCCCCSC)NCCc1cccc(C)c1. The minimum Gasteiger partial charge on any atom is -0.356 e. The first-order valence-corrected chi connectivity index (χ1v) is 8.64. The lowest BCUT2D eigenvalue weighted by molar-refractivity contribution is 0.730. The minimum absolute atomic E-state index is 0.904. The second-order valence-electron chi connectivity index (χ2n) is 4.86. The molecule has 0 bridgehead atoms. The Kier molecular flexibility index (Phi) is 8.96. The van der Waals surface area contributed by atoms with Crippen molar-refractivity contribution in [1.29, 1.82) is 0 Å². The Morgan fingerprint density at radius 3 is 2.70 bits per heavy atom. The summed E-state index contributed by atoms with van der Waals surface area (Å²) >= 11 is 1.91. The Morgan fingerprint density at radius 2 is 2.00 bits per heavy atom. The topological polar surface area (TPSA) is 36.4 Å². The predicted molar refractivity (Wildman–Crippen MR) is 91.9 cm³/mol. The van der Waals surface area contributed by atoms with Gasteiger partial charge in [-0.3, -0.25) is 4.99 Å². The van der Waals surface area contributed by atoms with Crippen LogP contribution in [0.25, 0.3) is 0 Å². The largest absolute Gasteiger partial charge is 0.356 e. The van der Waals surface area contributed by atoms with Crippen LogP contribution in [-0.4, -0.2) is 38.1 Å². The van der Waals surface area contributed by atoms with Crippen LogP contribution in [0.15, 0.2) is 29.3 Å². The van der Waals surface area contributed by atoms with Crippen LogP contribution in [0.2, 0.25) is 0 Å². The summed E-state index contributed by atoms with van der Waals surface area (Å²) in [6.45, 7) is 4.03. The van der Waals surface area contributed by atoms with E-state index in [9.17, 15) is 0 Å². The molecule has 0 spiro atoms. The van der Waals surface area contributed by atoms with Gasteiger partial charge in [0.05, 0.1) is 0 Å². The molecule has 112 valence electrons. The van der Waals surface area contributed by atoms with E-state index < -0.39 is 0 Å². The van der Waals surface area contributed by atoms with Crippen molar-refractivity contribution < 1.29 is 0 Å². The van der Waals surface area contributed by atoms with Crippen molar-refractivity contribution in [3.8, 4) is 0 Å². The standard InChI is InChI=1S/C16H27N3S/c1-14-7-6-8-15(13-14)9-11-19-16(17-2)18-10-4-5-12-20-3/h6-8,13H,4-5,9-12H2,1-3H3,(H2,17,18,19). The maximum absolute atomic E-state index is 4.24. The number of aliphatic imine (C=N–C) groups is 1. The fourth-order valence-corrected chi connectivity index (χ4v) is 2.48. The van der Waals surface area contributed by atoms with E-state index in [1.54, 1.807) is 0 Å². The molecule has 20 heavy (non-hydrogen) atoms. The fourth-order valence-electron chi connectivity index (χ4n) is 1.99. The molecule has 0 aliphatic heterocycles. The number of rotatable bonds is 8. The van der Waals surface area contributed by atoms with E-state index in [0.717, 1.165) is 25.5 Å². The van der Waals surface area contributed by atoms with Gasteiger partial charge in [-0.1, -0.05) is 29.8 Å². The summed E-state index contributed by atoms with van der Waals surface area (Å²) in [5.74, 6) is 2.14. The molecule has 0 atom stereocenters. The van der Waals surface area contributed by atoms with Crippen molar-refractivity contribution in [1.82, 2.24) is 10.6 Å². The quantitative estimate of drug-likeness (QED) is 0.439. The lowest BCUT2D eigenvalue weighted by atomic mass is 10.1. The maximum Gasteiger partial charge on any atom is 0.190 e. The molecule has 0 amide bonds. The Morgan fingerprint density at radius 1 is 1.20 bits per heavy atom. The number of thioether (sulfide) groups is 1. The van der Waals surface area contributed by atoms with Gasteiger partial charge in [-0.15, -0.1) is 0 Å². The average molecular weight is 293 g/mol. The molecular formula is C16H27N3S. The summed E-state index contributed by atoms with van der Waals surface area (Å²) in [5, 5.41) is 6.72. The third-order valence-electron chi connectivity index (χ3n) is 3.08. The van der Waals surface area contributed by atoms with Crippen LogP contribution < -0.4 is 10.6 Å². The maximum atomic E-state index is 4.24. The van der Waals surface area contributed by atoms with Crippen LogP contribution in [0.1, 0.15) is 24.0 Å². The molecule has 0 fully saturated rings. The number of nitrogens with zero attached hydrogens (tertiary/aromatic N) is 1. The van der Waals surface area contributed by atoms with Crippen molar-refractivity contribution in [3.63, 3.8) is 0 Å². The van der Waals surface area contributed by atoms with Gasteiger partial charge in [0.2, 0.25) is 0 Å². The molecule has 0 aliphatic rings. The Balaban J connectivity index is 2.18. The molecule has 0 aliphatic carbocycles. The predicted octanol–water partition coefficient (Wildman–Crippen LogP) is 2.85. The molecule has 1 aromatic rings. The van der Waals surface area contributed by atoms with E-state index in [1.807, 2.05) is 18.8 Å². The highest BCUT2D eigenvalue weighted by Crippen LogP contribution is 2.03. The van der Waals surface area contributed by atoms with Gasteiger partial charge < -0.3 is 10.6 Å². The zero-order chi connectivity index (χ0) is 14.6. The number of hydrogen-bond acceptors (Lipinski definition) is 2. The molecule has 1 aromatic carbocycles. The smallest absolute Gasteiger partial charge is 0.190 e. The van der Waals surface area contributed by atoms with Gasteiger partial charge in [-0.05, 0) is 43.8 Å². The first-order chi connectivity index (χ1) is 9.76. The molecule has 0 saturated carbocycles. The molecular weight excluding hydrogens is 266 g/mol. The molecule has 4 heteroatoms. The monoisotopic (exact) mass is 293 g/mol. The molecule has 0 aromatic heterocycles. The van der Waals surface area contributed by atoms with E-state index in [1.165, 1.54) is 29.7 Å². The Labute approximate surface area is 127 Å². The lowest BCUT2D eigenvalue weighted by Gasteiger charge is -2.11. The number of benzene rings is 1. The minimum atomic E-state index is 0.904. The highest BCUT2D eigenvalue weighted by molar-refractivity contribution is 7.98. The van der Waals surface area contributed by atoms with E-state index in [0.29, 0.717) is 0 Å². The van der Waals surface area contributed by atoms with E-state index in [-0.39, 0.29) is 0 Å². The number of unbranched alkanes of at least 4 members (excludes halogenated alkanes) is 1. The van der Waals surface area contributed by atoms with Crippen molar-refractivity contribution in [2.75, 3.05) is 32.1 Å². The number of hydrogen-bond donors (Lipinski definition) is 2. The van der Waals surface area contributed by atoms with Gasteiger partial charge in [0, 0.05) is 20.1 Å². The van der Waals surface area contributed by atoms with Gasteiger partial charge in [0.1, 0.15) is 0 Å². The van der Waals surface area contributed by atoms with Crippen LogP contribution in [-0.2, 0) is 6.42 Å². The lowest BCUT2D eigenvalue weighted by Crippen LogP contribution is -2.38. The normalized spacial score (nSPS) is 11.4. The third-order valence-corrected chi connectivity index (χ3v) is 3.78. The second-order valence-corrected chi connectivity index (χ2v) is 5.85. The summed E-state index contributed by atoms with van der Waals surface area (Å²) in [5.41, 5.74) is 2.69. The first-order valence-electron chi connectivity index (χ1n) is 7.25. The molecule has 0 heterocycles. The molecule has 3 nitrogen and oxygen atoms in total. The fraction of sp³-hybridized carbons (Fsp3) is 0.562. The van der Waals surface area contributed by atoms with E-state index in [2.05, 4.69) is 53.1 Å². The third kappa shape index (κ3) is 7.43. The Bertz CT molecular complexity index is 404. The van der Waals surface area contributed by atoms with E-state index >= 15 is 0 Å². The second kappa shape index (κ2) is 10.6. The van der Waals surface area contributed by atoms with Gasteiger partial charge in [-0.25, -0.2) is 0 Å². The summed E-state index contributed by atoms with van der Waals surface area (Å²) in [6.07, 6.45) is 5.63. The van der Waals surface area contributed by atoms with E-state index in [4.69, 9.17) is 0 Å². The van der Waals surface area contributed by atoms with Crippen LogP contribution >= 0.6 is 11.8 Å². The van der Waals surface area contributed by atoms with Gasteiger partial charge in [0.15, 0.2) is 5.96 Å². The van der Waals surface area contributed by atoms with Crippen molar-refractivity contribution in [2.45, 2.75) is 26.2 Å². The highest BCUT2D eigenvalue weighted by Gasteiger charge is 1.98. The van der Waals surface area contributed by atoms with Gasteiger partial charge >= 0.3 is 0 Å². The van der Waals surface area contributed by atoms with Crippen molar-refractivity contribution >= 4 is 17.7 Å². The summed E-state index contributed by atoms with van der Waals surface area (Å²) in [4.78, 5) is 4.24. The van der Waals surface area contributed by atoms with Gasteiger partial charge in [0.25, 0.3) is 0 Å². The average Bonchev–Trinajstić information content (AvgIpc) is 2.45. The molecule has 0 saturated heterocycles. The van der Waals surface area contributed by atoms with Crippen LogP contribution in [0, 0.1) is 6.92 Å². The number of aryl methyl sites for hydroxylation is 1. The van der Waals surface area contributed by atoms with Crippen LogP contribution in [0.5, 0.6) is 0 Å². The number of nitrogens with one attached hydrogen (secondary N) is 2. The molecule has 0 unspecified atom stereocenters. The van der Waals surface area contributed by atoms with Gasteiger partial charge in [-0.2, -0.15) is 11.8 Å². The molecule has 2 N–H and O–H groups in total. The first kappa shape index (κ1) is 16.9. The number of guanidine groups is 1. The summed E-state index contributed by atoms with van der Waals surface area (Å²) in [6, 6.07) is 8.66. The Hall–Kier alpha value is -1.16. The summed E-state index contributed by atoms with van der Waals surface area (Å²) in [7, 11) is 1.82. The molecule has 1 rings (SSSR count). The summed E-state index contributed by atoms with van der Waals surface area (Å²) < 4.78 is 0. The van der Waals surface area contributed by atoms with Crippen LogP contribution in [0.4, 0.5) is 0 Å². The zero-order valence-electron chi connectivity index (χ0n) is 12.9. The highest BCUT2D eigenvalue weighted by atomic mass is 32.2. The zero-order valence-corrected chi connectivity index (χ0v) is 13.7.